The molecule has 0 bridgehead atoms. The molecule has 0 spiro atoms. The van der Waals surface area contributed by atoms with E-state index in [-0.39, 0.29) is 5.97 Å². The van der Waals surface area contributed by atoms with Gasteiger partial charge in [0, 0.05) is 6.04 Å². The van der Waals surface area contributed by atoms with E-state index in [9.17, 15) is 4.79 Å². The number of nitrogens with zero attached hydrogens (tertiary/aromatic N) is 1. The van der Waals surface area contributed by atoms with E-state index >= 15 is 0 Å². The largest absolute Gasteiger partial charge is 0.465 e. The van der Waals surface area contributed by atoms with Crippen LogP contribution in [-0.2, 0) is 4.74 Å². The van der Waals surface area contributed by atoms with E-state index in [1.165, 1.54) is 50.6 Å². The van der Waals surface area contributed by atoms with Crippen LogP contribution in [-0.4, -0.2) is 24.1 Å². The third-order valence-corrected chi connectivity index (χ3v) is 3.73. The smallest absolute Gasteiger partial charge is 0.349 e. The Morgan fingerprint density at radius 2 is 2.25 bits per heavy atom. The fraction of sp³-hybridized carbons (Fsp3) is 0.636. The number of carbonyl (C=O) groups excluding carboxylic acids is 1. The molecule has 2 rings (SSSR count). The van der Waals surface area contributed by atoms with E-state index in [0.717, 1.165) is 5.13 Å². The van der Waals surface area contributed by atoms with Crippen LogP contribution in [0.1, 0.15) is 41.8 Å². The lowest BCUT2D eigenvalue weighted by Crippen LogP contribution is -2.21. The van der Waals surface area contributed by atoms with E-state index < -0.39 is 0 Å². The SMILES string of the molecule is COC(=O)c1cnc(NC2CCCCC2)s1. The quantitative estimate of drug-likeness (QED) is 0.825. The molecule has 1 saturated carbocycles. The molecule has 1 aliphatic carbocycles. The van der Waals surface area contributed by atoms with Gasteiger partial charge in [-0.3, -0.25) is 0 Å². The van der Waals surface area contributed by atoms with E-state index in [0.29, 0.717) is 10.9 Å². The van der Waals surface area contributed by atoms with Gasteiger partial charge in [-0.2, -0.15) is 0 Å². The van der Waals surface area contributed by atoms with Gasteiger partial charge in [-0.15, -0.1) is 0 Å². The number of hydrogen-bond donors (Lipinski definition) is 1. The Bertz CT molecular complexity index is 359. The fourth-order valence-corrected chi connectivity index (χ4v) is 2.77. The summed E-state index contributed by atoms with van der Waals surface area (Å²) < 4.78 is 4.64. The van der Waals surface area contributed by atoms with Crippen molar-refractivity contribution in [2.24, 2.45) is 0 Å². The first-order chi connectivity index (χ1) is 7.79. The Labute approximate surface area is 99.0 Å². The van der Waals surface area contributed by atoms with E-state index in [1.807, 2.05) is 0 Å². The number of nitrogens with one attached hydrogen (secondary N) is 1. The van der Waals surface area contributed by atoms with Crippen LogP contribution in [0.3, 0.4) is 0 Å². The molecule has 0 amide bonds. The van der Waals surface area contributed by atoms with Crippen molar-refractivity contribution in [3.63, 3.8) is 0 Å². The van der Waals surface area contributed by atoms with Crippen LogP contribution in [0.25, 0.3) is 0 Å². The first-order valence-corrected chi connectivity index (χ1v) is 6.42. The van der Waals surface area contributed by atoms with Gasteiger partial charge in [0.05, 0.1) is 13.3 Å². The second kappa shape index (κ2) is 5.30. The molecular formula is C11H16N2O2S. The van der Waals surface area contributed by atoms with Crippen LogP contribution in [0.2, 0.25) is 0 Å². The molecule has 1 heterocycles. The molecule has 1 aliphatic rings. The molecular weight excluding hydrogens is 224 g/mol. The van der Waals surface area contributed by atoms with Crippen molar-refractivity contribution >= 4 is 22.4 Å². The molecule has 0 aliphatic heterocycles. The standard InChI is InChI=1S/C11H16N2O2S/c1-15-10(14)9-7-12-11(16-9)13-8-5-3-2-4-6-8/h7-8H,2-6H2,1H3,(H,12,13). The minimum absolute atomic E-state index is 0.311. The van der Waals surface area contributed by atoms with Gasteiger partial charge in [0.15, 0.2) is 5.13 Å². The van der Waals surface area contributed by atoms with Crippen LogP contribution in [0.15, 0.2) is 6.20 Å². The molecule has 1 aromatic rings. The Balaban J connectivity index is 1.94. The van der Waals surface area contributed by atoms with E-state index in [1.54, 1.807) is 6.20 Å². The van der Waals surface area contributed by atoms with Gasteiger partial charge in [-0.05, 0) is 12.8 Å². The number of rotatable bonds is 3. The maximum absolute atomic E-state index is 11.2. The van der Waals surface area contributed by atoms with Crippen LogP contribution in [0, 0.1) is 0 Å². The van der Waals surface area contributed by atoms with Crippen molar-refractivity contribution in [2.45, 2.75) is 38.1 Å². The van der Waals surface area contributed by atoms with Gasteiger partial charge in [0.1, 0.15) is 4.88 Å². The Morgan fingerprint density at radius 3 is 2.94 bits per heavy atom. The molecule has 4 nitrogen and oxygen atoms in total. The van der Waals surface area contributed by atoms with Crippen molar-refractivity contribution in [1.82, 2.24) is 4.98 Å². The monoisotopic (exact) mass is 240 g/mol. The van der Waals surface area contributed by atoms with Crippen molar-refractivity contribution in [3.8, 4) is 0 Å². The molecule has 88 valence electrons. The van der Waals surface area contributed by atoms with E-state index in [4.69, 9.17) is 0 Å². The van der Waals surface area contributed by atoms with Gasteiger partial charge >= 0.3 is 5.97 Å². The fourth-order valence-electron chi connectivity index (χ4n) is 1.96. The highest BCUT2D eigenvalue weighted by Gasteiger charge is 2.16. The maximum Gasteiger partial charge on any atom is 0.349 e. The molecule has 0 unspecified atom stereocenters. The molecule has 0 aromatic carbocycles. The number of methoxy groups -OCH3 is 1. The summed E-state index contributed by atoms with van der Waals surface area (Å²) in [6, 6.07) is 0.519. The minimum Gasteiger partial charge on any atom is -0.465 e. The first-order valence-electron chi connectivity index (χ1n) is 5.60. The Morgan fingerprint density at radius 1 is 1.50 bits per heavy atom. The maximum atomic E-state index is 11.2. The molecule has 0 atom stereocenters. The summed E-state index contributed by atoms with van der Waals surface area (Å²) in [6.07, 6.45) is 7.88. The van der Waals surface area contributed by atoms with Gasteiger partial charge in [-0.25, -0.2) is 9.78 Å². The van der Waals surface area contributed by atoms with Crippen molar-refractivity contribution in [3.05, 3.63) is 11.1 Å². The number of carbonyl (C=O) groups is 1. The normalized spacial score (nSPS) is 17.1. The number of ether oxygens (including phenoxy) is 1. The lowest BCUT2D eigenvalue weighted by Gasteiger charge is -2.22. The summed E-state index contributed by atoms with van der Waals surface area (Å²) in [7, 11) is 1.39. The zero-order valence-corrected chi connectivity index (χ0v) is 10.2. The summed E-state index contributed by atoms with van der Waals surface area (Å²) >= 11 is 1.36. The van der Waals surface area contributed by atoms with Crippen LogP contribution < -0.4 is 5.32 Å². The summed E-state index contributed by atoms with van der Waals surface area (Å²) in [5.74, 6) is -0.311. The molecule has 5 heteroatoms. The van der Waals surface area contributed by atoms with Crippen molar-refractivity contribution < 1.29 is 9.53 Å². The van der Waals surface area contributed by atoms with Gasteiger partial charge in [0.2, 0.25) is 0 Å². The predicted octanol–water partition coefficient (Wildman–Crippen LogP) is 2.67. The number of hydrogen-bond acceptors (Lipinski definition) is 5. The highest BCUT2D eigenvalue weighted by molar-refractivity contribution is 7.17. The van der Waals surface area contributed by atoms with Crippen molar-refractivity contribution in [1.29, 1.82) is 0 Å². The Hall–Kier alpha value is -1.10. The molecule has 16 heavy (non-hydrogen) atoms. The van der Waals surface area contributed by atoms with Crippen LogP contribution >= 0.6 is 11.3 Å². The molecule has 0 radical (unpaired) electrons. The summed E-state index contributed by atoms with van der Waals surface area (Å²) in [5.41, 5.74) is 0. The second-order valence-electron chi connectivity index (χ2n) is 4.00. The number of aromatic nitrogens is 1. The van der Waals surface area contributed by atoms with Crippen molar-refractivity contribution in [2.75, 3.05) is 12.4 Å². The Kier molecular flexibility index (Phi) is 3.77. The van der Waals surface area contributed by atoms with Crippen LogP contribution in [0.5, 0.6) is 0 Å². The molecule has 1 fully saturated rings. The second-order valence-corrected chi connectivity index (χ2v) is 5.03. The van der Waals surface area contributed by atoms with Gasteiger partial charge < -0.3 is 10.1 Å². The average Bonchev–Trinajstić information content (AvgIpc) is 2.78. The third kappa shape index (κ3) is 2.72. The highest BCUT2D eigenvalue weighted by Crippen LogP contribution is 2.24. The lowest BCUT2D eigenvalue weighted by atomic mass is 9.96. The highest BCUT2D eigenvalue weighted by atomic mass is 32.1. The van der Waals surface area contributed by atoms with E-state index in [2.05, 4.69) is 15.0 Å². The van der Waals surface area contributed by atoms with Gasteiger partial charge in [-0.1, -0.05) is 30.6 Å². The first kappa shape index (κ1) is 11.4. The number of esters is 1. The topological polar surface area (TPSA) is 51.2 Å². The third-order valence-electron chi connectivity index (χ3n) is 2.83. The summed E-state index contributed by atoms with van der Waals surface area (Å²) in [6.45, 7) is 0. The molecule has 1 N–H and O–H groups in total. The van der Waals surface area contributed by atoms with Crippen LogP contribution in [0.4, 0.5) is 5.13 Å². The zero-order chi connectivity index (χ0) is 11.4. The summed E-state index contributed by atoms with van der Waals surface area (Å²) in [5, 5.41) is 4.21. The lowest BCUT2D eigenvalue weighted by molar-refractivity contribution is 0.0606. The average molecular weight is 240 g/mol. The molecule has 1 aromatic heterocycles. The predicted molar refractivity (Wildman–Crippen MR) is 63.9 cm³/mol. The number of thiazole rings is 1. The van der Waals surface area contributed by atoms with Gasteiger partial charge in [0.25, 0.3) is 0 Å². The molecule has 0 saturated heterocycles. The zero-order valence-electron chi connectivity index (χ0n) is 9.36. The number of anilines is 1. The summed E-state index contributed by atoms with van der Waals surface area (Å²) in [4.78, 5) is 16.0. The minimum atomic E-state index is -0.311.